The molecule has 0 bridgehead atoms. The summed E-state index contributed by atoms with van der Waals surface area (Å²) >= 11 is 0. The van der Waals surface area contributed by atoms with Gasteiger partial charge in [0.2, 0.25) is 10.0 Å². The summed E-state index contributed by atoms with van der Waals surface area (Å²) in [4.78, 5) is 0. The third-order valence-corrected chi connectivity index (χ3v) is 4.97. The van der Waals surface area contributed by atoms with Crippen LogP contribution in [0.1, 0.15) is 26.7 Å². The zero-order valence-electron chi connectivity index (χ0n) is 11.9. The lowest BCUT2D eigenvalue weighted by molar-refractivity contribution is 0.342. The maximum atomic E-state index is 12.3. The topological polar surface area (TPSA) is 67.4 Å². The SMILES string of the molecule is CCOc1ccccc1NS(=O)(=O)C(C)CNC1CC1. The number of sulfonamides is 1. The van der Waals surface area contributed by atoms with E-state index in [0.717, 1.165) is 12.8 Å². The van der Waals surface area contributed by atoms with Gasteiger partial charge >= 0.3 is 0 Å². The minimum absolute atomic E-state index is 0.469. The molecule has 5 nitrogen and oxygen atoms in total. The molecule has 1 aromatic carbocycles. The number of anilines is 1. The molecule has 0 aliphatic heterocycles. The van der Waals surface area contributed by atoms with Gasteiger partial charge in [-0.25, -0.2) is 8.42 Å². The van der Waals surface area contributed by atoms with Crippen LogP contribution in [0.3, 0.4) is 0 Å². The molecule has 1 aliphatic rings. The zero-order chi connectivity index (χ0) is 14.6. The number of ether oxygens (including phenoxy) is 1. The van der Waals surface area contributed by atoms with Gasteiger partial charge in [0.15, 0.2) is 0 Å². The molecular formula is C14H22N2O3S. The van der Waals surface area contributed by atoms with Gasteiger partial charge in [-0.15, -0.1) is 0 Å². The Hall–Kier alpha value is -1.27. The van der Waals surface area contributed by atoms with Crippen molar-refractivity contribution in [1.82, 2.24) is 5.32 Å². The molecule has 20 heavy (non-hydrogen) atoms. The van der Waals surface area contributed by atoms with Crippen LogP contribution in [0.5, 0.6) is 5.75 Å². The molecule has 1 fully saturated rings. The lowest BCUT2D eigenvalue weighted by Crippen LogP contribution is -2.35. The lowest BCUT2D eigenvalue weighted by Gasteiger charge is -2.17. The van der Waals surface area contributed by atoms with E-state index >= 15 is 0 Å². The first-order valence-electron chi connectivity index (χ1n) is 6.99. The van der Waals surface area contributed by atoms with Crippen molar-refractivity contribution in [2.45, 2.75) is 38.0 Å². The summed E-state index contributed by atoms with van der Waals surface area (Å²) in [6, 6.07) is 7.58. The fraction of sp³-hybridized carbons (Fsp3) is 0.571. The predicted molar refractivity (Wildman–Crippen MR) is 80.6 cm³/mol. The highest BCUT2D eigenvalue weighted by Crippen LogP contribution is 2.25. The Kier molecular flexibility index (Phi) is 4.88. The van der Waals surface area contributed by atoms with Crippen molar-refractivity contribution in [2.24, 2.45) is 0 Å². The molecule has 6 heteroatoms. The van der Waals surface area contributed by atoms with Crippen molar-refractivity contribution in [3.05, 3.63) is 24.3 Å². The van der Waals surface area contributed by atoms with E-state index in [1.165, 1.54) is 0 Å². The second-order valence-electron chi connectivity index (χ2n) is 5.07. The van der Waals surface area contributed by atoms with Crippen LogP contribution in [-0.4, -0.2) is 32.9 Å². The molecule has 0 radical (unpaired) electrons. The van der Waals surface area contributed by atoms with E-state index in [2.05, 4.69) is 10.0 Å². The second kappa shape index (κ2) is 6.45. The molecule has 1 unspecified atom stereocenters. The van der Waals surface area contributed by atoms with E-state index in [1.807, 2.05) is 13.0 Å². The molecule has 0 spiro atoms. The minimum Gasteiger partial charge on any atom is -0.492 e. The Morgan fingerprint density at radius 1 is 1.35 bits per heavy atom. The van der Waals surface area contributed by atoms with Gasteiger partial charge < -0.3 is 10.1 Å². The lowest BCUT2D eigenvalue weighted by atomic mass is 10.3. The van der Waals surface area contributed by atoms with Crippen LogP contribution in [-0.2, 0) is 10.0 Å². The number of benzene rings is 1. The molecule has 0 saturated heterocycles. The molecule has 2 N–H and O–H groups in total. The minimum atomic E-state index is -3.41. The van der Waals surface area contributed by atoms with Gasteiger partial charge in [0.25, 0.3) is 0 Å². The van der Waals surface area contributed by atoms with Crippen molar-refractivity contribution in [3.8, 4) is 5.75 Å². The van der Waals surface area contributed by atoms with Gasteiger partial charge in [-0.2, -0.15) is 0 Å². The summed E-state index contributed by atoms with van der Waals surface area (Å²) in [5.74, 6) is 0.556. The molecule has 1 aromatic rings. The van der Waals surface area contributed by atoms with Crippen molar-refractivity contribution < 1.29 is 13.2 Å². The Bertz CT molecular complexity index is 541. The summed E-state index contributed by atoms with van der Waals surface area (Å²) in [5.41, 5.74) is 0.493. The fourth-order valence-corrected chi connectivity index (χ4v) is 2.81. The number of nitrogens with one attached hydrogen (secondary N) is 2. The zero-order valence-corrected chi connectivity index (χ0v) is 12.7. The summed E-state index contributed by atoms with van der Waals surface area (Å²) in [6.45, 7) is 4.54. The molecule has 0 aromatic heterocycles. The average molecular weight is 298 g/mol. The van der Waals surface area contributed by atoms with Crippen LogP contribution in [0.15, 0.2) is 24.3 Å². The molecule has 1 aliphatic carbocycles. The monoisotopic (exact) mass is 298 g/mol. The Morgan fingerprint density at radius 3 is 2.70 bits per heavy atom. The van der Waals surface area contributed by atoms with Crippen LogP contribution in [0, 0.1) is 0 Å². The van der Waals surface area contributed by atoms with Gasteiger partial charge in [-0.3, -0.25) is 4.72 Å². The largest absolute Gasteiger partial charge is 0.492 e. The second-order valence-corrected chi connectivity index (χ2v) is 7.17. The van der Waals surface area contributed by atoms with Crippen LogP contribution in [0.2, 0.25) is 0 Å². The normalized spacial score (nSPS) is 16.7. The first-order valence-corrected chi connectivity index (χ1v) is 8.54. The van der Waals surface area contributed by atoms with Gasteiger partial charge in [-0.1, -0.05) is 12.1 Å². The van der Waals surface area contributed by atoms with E-state index in [4.69, 9.17) is 4.74 Å². The van der Waals surface area contributed by atoms with E-state index in [0.29, 0.717) is 30.6 Å². The Labute approximate surface area is 120 Å². The Balaban J connectivity index is 2.02. The molecule has 0 amide bonds. The quantitative estimate of drug-likeness (QED) is 0.770. The molecule has 1 atom stereocenters. The van der Waals surface area contributed by atoms with Crippen molar-refractivity contribution >= 4 is 15.7 Å². The van der Waals surface area contributed by atoms with Crippen molar-refractivity contribution in [3.63, 3.8) is 0 Å². The molecule has 0 heterocycles. The van der Waals surface area contributed by atoms with Crippen LogP contribution in [0.25, 0.3) is 0 Å². The fourth-order valence-electron chi connectivity index (χ4n) is 1.82. The maximum Gasteiger partial charge on any atom is 0.236 e. The molecule has 112 valence electrons. The first-order chi connectivity index (χ1) is 9.53. The van der Waals surface area contributed by atoms with Crippen LogP contribution in [0.4, 0.5) is 5.69 Å². The van der Waals surface area contributed by atoms with Gasteiger partial charge in [0.05, 0.1) is 17.5 Å². The van der Waals surface area contributed by atoms with E-state index < -0.39 is 15.3 Å². The summed E-state index contributed by atoms with van der Waals surface area (Å²) < 4.78 is 32.6. The molecule has 1 saturated carbocycles. The summed E-state index contributed by atoms with van der Waals surface area (Å²) in [7, 11) is -3.41. The van der Waals surface area contributed by atoms with Gasteiger partial charge in [0, 0.05) is 12.6 Å². The molecular weight excluding hydrogens is 276 g/mol. The van der Waals surface area contributed by atoms with Gasteiger partial charge in [-0.05, 0) is 38.8 Å². The summed E-state index contributed by atoms with van der Waals surface area (Å²) in [5, 5.41) is 2.75. The van der Waals surface area contributed by atoms with Gasteiger partial charge in [0.1, 0.15) is 5.75 Å². The highest BCUT2D eigenvalue weighted by atomic mass is 32.2. The average Bonchev–Trinajstić information content (AvgIpc) is 3.22. The number of hydrogen-bond acceptors (Lipinski definition) is 4. The molecule has 2 rings (SSSR count). The summed E-state index contributed by atoms with van der Waals surface area (Å²) in [6.07, 6.45) is 2.29. The predicted octanol–water partition coefficient (Wildman–Crippen LogP) is 1.97. The highest BCUT2D eigenvalue weighted by Gasteiger charge is 2.26. The van der Waals surface area contributed by atoms with Crippen molar-refractivity contribution in [1.29, 1.82) is 0 Å². The number of para-hydroxylation sites is 2. The maximum absolute atomic E-state index is 12.3. The third kappa shape index (κ3) is 4.11. The van der Waals surface area contributed by atoms with E-state index in [1.54, 1.807) is 25.1 Å². The van der Waals surface area contributed by atoms with Crippen LogP contribution >= 0.6 is 0 Å². The standard InChI is InChI=1S/C14H22N2O3S/c1-3-19-14-7-5-4-6-13(14)16-20(17,18)11(2)10-15-12-8-9-12/h4-7,11-12,15-16H,3,8-10H2,1-2H3. The number of rotatable bonds is 8. The third-order valence-electron chi connectivity index (χ3n) is 3.24. The highest BCUT2D eigenvalue weighted by molar-refractivity contribution is 7.93. The van der Waals surface area contributed by atoms with Crippen LogP contribution < -0.4 is 14.8 Å². The van der Waals surface area contributed by atoms with E-state index in [9.17, 15) is 8.42 Å². The first kappa shape index (κ1) is 15.1. The van der Waals surface area contributed by atoms with Crippen molar-refractivity contribution in [2.75, 3.05) is 17.9 Å². The Morgan fingerprint density at radius 2 is 2.05 bits per heavy atom. The smallest absolute Gasteiger partial charge is 0.236 e. The number of hydrogen-bond donors (Lipinski definition) is 2. The van der Waals surface area contributed by atoms with E-state index in [-0.39, 0.29) is 0 Å².